The monoisotopic (exact) mass is 377 g/mol. The van der Waals surface area contributed by atoms with Crippen molar-refractivity contribution >= 4 is 23.0 Å². The van der Waals surface area contributed by atoms with E-state index in [1.54, 1.807) is 44.7 Å². The van der Waals surface area contributed by atoms with Crippen molar-refractivity contribution in [1.29, 1.82) is 0 Å². The van der Waals surface area contributed by atoms with Gasteiger partial charge in [-0.2, -0.15) is 0 Å². The maximum absolute atomic E-state index is 12.7. The van der Waals surface area contributed by atoms with Crippen LogP contribution in [-0.2, 0) is 6.42 Å². The average molecular weight is 377 g/mol. The summed E-state index contributed by atoms with van der Waals surface area (Å²) in [5, 5.41) is 6.12. The summed E-state index contributed by atoms with van der Waals surface area (Å²) in [6.45, 7) is 2.12. The van der Waals surface area contributed by atoms with Crippen LogP contribution in [0.5, 0.6) is 11.5 Å². The fraction of sp³-hybridized carbons (Fsp3) is 0.182. The first-order chi connectivity index (χ1) is 13.6. The van der Waals surface area contributed by atoms with Gasteiger partial charge in [0.05, 0.1) is 37.4 Å². The fourth-order valence-electron chi connectivity index (χ4n) is 2.72. The zero-order chi connectivity index (χ0) is 19.9. The molecule has 3 rings (SSSR count). The van der Waals surface area contributed by atoms with E-state index < -0.39 is 0 Å². The van der Waals surface area contributed by atoms with E-state index in [-0.39, 0.29) is 5.91 Å². The normalized spacial score (nSPS) is 10.2. The second-order valence-corrected chi connectivity index (χ2v) is 6.16. The third-order valence-corrected chi connectivity index (χ3v) is 4.31. The summed E-state index contributed by atoms with van der Waals surface area (Å²) in [6, 6.07) is 15.1. The van der Waals surface area contributed by atoms with E-state index in [9.17, 15) is 4.79 Å². The number of rotatable bonds is 7. The van der Waals surface area contributed by atoms with Crippen LogP contribution in [0.25, 0.3) is 0 Å². The van der Waals surface area contributed by atoms with Crippen LogP contribution in [0.4, 0.5) is 17.1 Å². The molecule has 6 heteroatoms. The molecular weight excluding hydrogens is 354 g/mol. The molecule has 1 heterocycles. The number of nitrogens with one attached hydrogen (secondary N) is 2. The van der Waals surface area contributed by atoms with Gasteiger partial charge in [0.1, 0.15) is 11.5 Å². The van der Waals surface area contributed by atoms with Crippen LogP contribution in [-0.4, -0.2) is 25.1 Å². The summed E-state index contributed by atoms with van der Waals surface area (Å²) < 4.78 is 10.5. The number of anilines is 3. The lowest BCUT2D eigenvalue weighted by Crippen LogP contribution is -2.13. The number of methoxy groups -OCH3 is 2. The molecule has 6 nitrogen and oxygen atoms in total. The van der Waals surface area contributed by atoms with Gasteiger partial charge >= 0.3 is 0 Å². The smallest absolute Gasteiger partial charge is 0.257 e. The Morgan fingerprint density at radius 1 is 0.964 bits per heavy atom. The molecule has 0 fully saturated rings. The Balaban J connectivity index is 1.75. The van der Waals surface area contributed by atoms with E-state index in [0.717, 1.165) is 17.8 Å². The van der Waals surface area contributed by atoms with Crippen LogP contribution < -0.4 is 20.1 Å². The highest BCUT2D eigenvalue weighted by molar-refractivity contribution is 6.05. The van der Waals surface area contributed by atoms with Crippen molar-refractivity contribution in [3.05, 3.63) is 72.1 Å². The molecule has 2 aromatic carbocycles. The van der Waals surface area contributed by atoms with Gasteiger partial charge in [-0.25, -0.2) is 0 Å². The molecule has 0 unspecified atom stereocenters. The standard InChI is InChI=1S/C22H23N3O3/c1-4-15-5-7-17(8-6-15)24-18-11-16(13-23-14-18)22(26)25-20-10-9-19(27-2)12-21(20)28-3/h5-14,24H,4H2,1-3H3,(H,25,26). The Morgan fingerprint density at radius 3 is 2.43 bits per heavy atom. The number of amides is 1. The zero-order valence-corrected chi connectivity index (χ0v) is 16.2. The topological polar surface area (TPSA) is 72.5 Å². The molecule has 0 spiro atoms. The van der Waals surface area contributed by atoms with Crippen LogP contribution >= 0.6 is 0 Å². The van der Waals surface area contributed by atoms with Crippen LogP contribution in [0.3, 0.4) is 0 Å². The first-order valence-corrected chi connectivity index (χ1v) is 8.97. The van der Waals surface area contributed by atoms with Crippen LogP contribution in [0, 0.1) is 0 Å². The molecule has 0 radical (unpaired) electrons. The molecule has 1 amide bonds. The number of aromatic nitrogens is 1. The van der Waals surface area contributed by atoms with Gasteiger partial charge in [-0.3, -0.25) is 9.78 Å². The third-order valence-electron chi connectivity index (χ3n) is 4.31. The molecule has 0 aliphatic heterocycles. The van der Waals surface area contributed by atoms with Crippen LogP contribution in [0.2, 0.25) is 0 Å². The summed E-state index contributed by atoms with van der Waals surface area (Å²) in [5.41, 5.74) is 3.94. The number of carbonyl (C=O) groups excluding carboxylic acids is 1. The van der Waals surface area contributed by atoms with Gasteiger partial charge in [0.25, 0.3) is 5.91 Å². The van der Waals surface area contributed by atoms with Crippen LogP contribution in [0.15, 0.2) is 60.9 Å². The molecule has 0 atom stereocenters. The molecule has 1 aromatic heterocycles. The number of ether oxygens (including phenoxy) is 2. The predicted molar refractivity (Wildman–Crippen MR) is 111 cm³/mol. The van der Waals surface area contributed by atoms with Gasteiger partial charge in [0, 0.05) is 18.0 Å². The number of pyridine rings is 1. The fourth-order valence-corrected chi connectivity index (χ4v) is 2.72. The number of aryl methyl sites for hydroxylation is 1. The zero-order valence-electron chi connectivity index (χ0n) is 16.2. The van der Waals surface area contributed by atoms with Gasteiger partial charge in [0.2, 0.25) is 0 Å². The molecule has 0 bridgehead atoms. The van der Waals surface area contributed by atoms with E-state index in [1.165, 1.54) is 11.8 Å². The Labute approximate surface area is 164 Å². The summed E-state index contributed by atoms with van der Waals surface area (Å²) in [7, 11) is 3.12. The van der Waals surface area contributed by atoms with Gasteiger partial charge in [-0.1, -0.05) is 19.1 Å². The largest absolute Gasteiger partial charge is 0.497 e. The molecule has 2 N–H and O–H groups in total. The van der Waals surface area contributed by atoms with Crippen molar-refractivity contribution in [3.63, 3.8) is 0 Å². The Hall–Kier alpha value is -3.54. The van der Waals surface area contributed by atoms with E-state index in [0.29, 0.717) is 22.7 Å². The molecule has 3 aromatic rings. The quantitative estimate of drug-likeness (QED) is 0.627. The third kappa shape index (κ3) is 4.59. The summed E-state index contributed by atoms with van der Waals surface area (Å²) in [6.07, 6.45) is 4.20. The minimum Gasteiger partial charge on any atom is -0.497 e. The lowest BCUT2D eigenvalue weighted by Gasteiger charge is -2.12. The molecule has 0 aliphatic rings. The average Bonchev–Trinajstić information content (AvgIpc) is 2.74. The van der Waals surface area contributed by atoms with Crippen molar-refractivity contribution < 1.29 is 14.3 Å². The molecule has 0 aliphatic carbocycles. The number of benzene rings is 2. The Morgan fingerprint density at radius 2 is 1.75 bits per heavy atom. The number of hydrogen-bond acceptors (Lipinski definition) is 5. The number of nitrogens with zero attached hydrogens (tertiary/aromatic N) is 1. The van der Waals surface area contributed by atoms with E-state index in [4.69, 9.17) is 9.47 Å². The van der Waals surface area contributed by atoms with E-state index in [1.807, 2.05) is 12.1 Å². The number of hydrogen-bond donors (Lipinski definition) is 2. The first kappa shape index (κ1) is 19.2. The van der Waals surface area contributed by atoms with Crippen molar-refractivity contribution in [3.8, 4) is 11.5 Å². The Kier molecular flexibility index (Phi) is 6.11. The second kappa shape index (κ2) is 8.90. The maximum Gasteiger partial charge on any atom is 0.257 e. The lowest BCUT2D eigenvalue weighted by molar-refractivity contribution is 0.102. The molecule has 0 saturated heterocycles. The lowest BCUT2D eigenvalue weighted by atomic mass is 10.1. The highest BCUT2D eigenvalue weighted by atomic mass is 16.5. The summed E-state index contributed by atoms with van der Waals surface area (Å²) in [4.78, 5) is 16.8. The van der Waals surface area contributed by atoms with E-state index >= 15 is 0 Å². The minimum absolute atomic E-state index is 0.277. The molecule has 0 saturated carbocycles. The minimum atomic E-state index is -0.277. The highest BCUT2D eigenvalue weighted by Crippen LogP contribution is 2.29. The molecule has 28 heavy (non-hydrogen) atoms. The number of carbonyl (C=O) groups is 1. The second-order valence-electron chi connectivity index (χ2n) is 6.16. The molecular formula is C22H23N3O3. The van der Waals surface area contributed by atoms with Crippen molar-refractivity contribution in [2.45, 2.75) is 13.3 Å². The first-order valence-electron chi connectivity index (χ1n) is 8.97. The molecule has 144 valence electrons. The van der Waals surface area contributed by atoms with Crippen molar-refractivity contribution in [2.75, 3.05) is 24.9 Å². The SMILES string of the molecule is CCc1ccc(Nc2cncc(C(=O)Nc3ccc(OC)cc3OC)c2)cc1. The van der Waals surface area contributed by atoms with Crippen molar-refractivity contribution in [1.82, 2.24) is 4.98 Å². The maximum atomic E-state index is 12.7. The van der Waals surface area contributed by atoms with Gasteiger partial charge in [-0.05, 0) is 42.3 Å². The summed E-state index contributed by atoms with van der Waals surface area (Å²) in [5.74, 6) is 0.892. The van der Waals surface area contributed by atoms with Gasteiger partial charge in [-0.15, -0.1) is 0 Å². The predicted octanol–water partition coefficient (Wildman–Crippen LogP) is 4.66. The van der Waals surface area contributed by atoms with Gasteiger partial charge < -0.3 is 20.1 Å². The van der Waals surface area contributed by atoms with Crippen LogP contribution in [0.1, 0.15) is 22.8 Å². The van der Waals surface area contributed by atoms with Crippen molar-refractivity contribution in [2.24, 2.45) is 0 Å². The Bertz CT molecular complexity index is 955. The van der Waals surface area contributed by atoms with E-state index in [2.05, 4.69) is 34.7 Å². The summed E-state index contributed by atoms with van der Waals surface area (Å²) >= 11 is 0. The van der Waals surface area contributed by atoms with Gasteiger partial charge in [0.15, 0.2) is 0 Å². The highest BCUT2D eigenvalue weighted by Gasteiger charge is 2.12.